The Hall–Kier alpha value is -1.12. The van der Waals surface area contributed by atoms with Gasteiger partial charge >= 0.3 is 0 Å². The number of nitrogens with zero attached hydrogens (tertiary/aromatic N) is 2. The average Bonchev–Trinajstić information content (AvgIpc) is 2.18. The fraction of sp³-hybridized carbons (Fsp3) is 0.636. The van der Waals surface area contributed by atoms with Crippen molar-refractivity contribution in [3.8, 4) is 5.75 Å². The molecule has 1 aromatic heterocycles. The molecule has 0 unspecified atom stereocenters. The van der Waals surface area contributed by atoms with Gasteiger partial charge in [-0.2, -0.15) is 0 Å². The van der Waals surface area contributed by atoms with Crippen molar-refractivity contribution in [2.75, 3.05) is 7.11 Å². The van der Waals surface area contributed by atoms with Gasteiger partial charge < -0.3 is 4.74 Å². The Morgan fingerprint density at radius 2 is 1.86 bits per heavy atom. The second kappa shape index (κ2) is 4.40. The Kier molecular flexibility index (Phi) is 3.44. The highest BCUT2D eigenvalue weighted by Crippen LogP contribution is 2.25. The van der Waals surface area contributed by atoms with Crippen molar-refractivity contribution in [2.24, 2.45) is 0 Å². The second-order valence-electron chi connectivity index (χ2n) is 4.08. The van der Waals surface area contributed by atoms with Crippen LogP contribution in [0.5, 0.6) is 5.75 Å². The van der Waals surface area contributed by atoms with E-state index in [2.05, 4.69) is 30.7 Å². The molecule has 0 aliphatic carbocycles. The number of hydrogen-bond acceptors (Lipinski definition) is 3. The van der Waals surface area contributed by atoms with Crippen LogP contribution in [0.15, 0.2) is 12.4 Å². The molecule has 0 radical (unpaired) electrons. The molecular formula is C11H18N2O. The van der Waals surface area contributed by atoms with Crippen molar-refractivity contribution in [1.29, 1.82) is 0 Å². The summed E-state index contributed by atoms with van der Waals surface area (Å²) in [6.07, 6.45) is 5.68. The molecule has 0 aromatic carbocycles. The van der Waals surface area contributed by atoms with Gasteiger partial charge in [0.25, 0.3) is 0 Å². The van der Waals surface area contributed by atoms with Crippen LogP contribution in [0, 0.1) is 0 Å². The van der Waals surface area contributed by atoms with Crippen LogP contribution in [0.25, 0.3) is 0 Å². The van der Waals surface area contributed by atoms with Gasteiger partial charge in [0, 0.05) is 5.41 Å². The molecule has 14 heavy (non-hydrogen) atoms. The molecular weight excluding hydrogens is 176 g/mol. The van der Waals surface area contributed by atoms with E-state index in [0.717, 1.165) is 18.7 Å². The summed E-state index contributed by atoms with van der Waals surface area (Å²) in [4.78, 5) is 8.61. The summed E-state index contributed by atoms with van der Waals surface area (Å²) in [7, 11) is 1.62. The Morgan fingerprint density at radius 1 is 1.29 bits per heavy atom. The highest BCUT2D eigenvalue weighted by molar-refractivity contribution is 5.15. The van der Waals surface area contributed by atoms with Crippen LogP contribution < -0.4 is 4.74 Å². The van der Waals surface area contributed by atoms with Crippen LogP contribution >= 0.6 is 0 Å². The van der Waals surface area contributed by atoms with Crippen molar-refractivity contribution in [2.45, 2.75) is 39.0 Å². The zero-order chi connectivity index (χ0) is 10.6. The monoisotopic (exact) mass is 194 g/mol. The lowest BCUT2D eigenvalue weighted by Crippen LogP contribution is -2.20. The van der Waals surface area contributed by atoms with E-state index in [4.69, 9.17) is 4.74 Å². The van der Waals surface area contributed by atoms with E-state index in [1.165, 1.54) is 0 Å². The summed E-state index contributed by atoms with van der Waals surface area (Å²) >= 11 is 0. The predicted molar refractivity (Wildman–Crippen MR) is 56.5 cm³/mol. The predicted octanol–water partition coefficient (Wildman–Crippen LogP) is 2.56. The second-order valence-corrected chi connectivity index (χ2v) is 4.08. The number of hydrogen-bond donors (Lipinski definition) is 0. The van der Waals surface area contributed by atoms with Gasteiger partial charge in [-0.3, -0.25) is 0 Å². The van der Waals surface area contributed by atoms with E-state index in [9.17, 15) is 0 Å². The van der Waals surface area contributed by atoms with Crippen molar-refractivity contribution < 1.29 is 4.74 Å². The molecule has 0 aliphatic heterocycles. The molecule has 1 rings (SSSR count). The molecule has 0 fully saturated rings. The molecule has 0 amide bonds. The summed E-state index contributed by atoms with van der Waals surface area (Å²) < 4.78 is 5.02. The lowest BCUT2D eigenvalue weighted by atomic mass is 9.87. The van der Waals surface area contributed by atoms with Crippen LogP contribution in [0.1, 0.15) is 39.4 Å². The topological polar surface area (TPSA) is 35.0 Å². The Balaban J connectivity index is 2.85. The Morgan fingerprint density at radius 3 is 2.29 bits per heavy atom. The number of methoxy groups -OCH3 is 1. The first-order valence-electron chi connectivity index (χ1n) is 4.96. The van der Waals surface area contributed by atoms with E-state index in [1.807, 2.05) is 0 Å². The van der Waals surface area contributed by atoms with Gasteiger partial charge in [-0.1, -0.05) is 27.2 Å². The van der Waals surface area contributed by atoms with Crippen LogP contribution in [-0.2, 0) is 5.41 Å². The van der Waals surface area contributed by atoms with Gasteiger partial charge in [-0.05, 0) is 6.42 Å². The molecule has 0 N–H and O–H groups in total. The van der Waals surface area contributed by atoms with Crippen LogP contribution in [0.2, 0.25) is 0 Å². The number of aromatic nitrogens is 2. The quantitative estimate of drug-likeness (QED) is 0.739. The van der Waals surface area contributed by atoms with E-state index >= 15 is 0 Å². The summed E-state index contributed by atoms with van der Waals surface area (Å²) in [6.45, 7) is 6.50. The third-order valence-electron chi connectivity index (χ3n) is 2.34. The molecule has 0 saturated carbocycles. The van der Waals surface area contributed by atoms with Crippen molar-refractivity contribution >= 4 is 0 Å². The first kappa shape index (κ1) is 11.0. The molecule has 3 nitrogen and oxygen atoms in total. The standard InChI is InChI=1S/C11H18N2O/c1-5-6-11(2,3)10-12-7-9(14-4)8-13-10/h7-8H,5-6H2,1-4H3. The molecule has 0 aliphatic rings. The minimum absolute atomic E-state index is 0.0566. The van der Waals surface area contributed by atoms with Crippen LogP contribution in [-0.4, -0.2) is 17.1 Å². The van der Waals surface area contributed by atoms with E-state index in [-0.39, 0.29) is 5.41 Å². The summed E-state index contributed by atoms with van der Waals surface area (Å²) in [5.41, 5.74) is 0.0566. The van der Waals surface area contributed by atoms with Gasteiger partial charge in [0.2, 0.25) is 0 Å². The first-order valence-corrected chi connectivity index (χ1v) is 4.96. The summed E-state index contributed by atoms with van der Waals surface area (Å²) in [5, 5.41) is 0. The van der Waals surface area contributed by atoms with Gasteiger partial charge in [0.1, 0.15) is 5.82 Å². The average molecular weight is 194 g/mol. The SMILES string of the molecule is CCCC(C)(C)c1ncc(OC)cn1. The van der Waals surface area contributed by atoms with Gasteiger partial charge in [0.15, 0.2) is 5.75 Å². The van der Waals surface area contributed by atoms with E-state index in [0.29, 0.717) is 5.75 Å². The molecule has 78 valence electrons. The van der Waals surface area contributed by atoms with E-state index in [1.54, 1.807) is 19.5 Å². The molecule has 0 bridgehead atoms. The minimum Gasteiger partial charge on any atom is -0.494 e. The molecule has 3 heteroatoms. The third kappa shape index (κ3) is 2.44. The third-order valence-corrected chi connectivity index (χ3v) is 2.34. The van der Waals surface area contributed by atoms with Gasteiger partial charge in [0.05, 0.1) is 19.5 Å². The lowest BCUT2D eigenvalue weighted by molar-refractivity contribution is 0.402. The minimum atomic E-state index is 0.0566. The molecule has 0 saturated heterocycles. The highest BCUT2D eigenvalue weighted by atomic mass is 16.5. The highest BCUT2D eigenvalue weighted by Gasteiger charge is 2.22. The van der Waals surface area contributed by atoms with Crippen molar-refractivity contribution in [1.82, 2.24) is 9.97 Å². The van der Waals surface area contributed by atoms with Crippen molar-refractivity contribution in [3.05, 3.63) is 18.2 Å². The maximum atomic E-state index is 5.02. The van der Waals surface area contributed by atoms with Crippen molar-refractivity contribution in [3.63, 3.8) is 0 Å². The smallest absolute Gasteiger partial charge is 0.155 e. The van der Waals surface area contributed by atoms with Gasteiger partial charge in [-0.25, -0.2) is 9.97 Å². The molecule has 0 atom stereocenters. The Bertz CT molecular complexity index is 280. The molecule has 1 heterocycles. The summed E-state index contributed by atoms with van der Waals surface area (Å²) in [6, 6.07) is 0. The maximum absolute atomic E-state index is 5.02. The number of ether oxygens (including phenoxy) is 1. The van der Waals surface area contributed by atoms with Gasteiger partial charge in [-0.15, -0.1) is 0 Å². The zero-order valence-corrected chi connectivity index (χ0v) is 9.37. The maximum Gasteiger partial charge on any atom is 0.155 e. The number of rotatable bonds is 4. The first-order chi connectivity index (χ1) is 6.60. The largest absolute Gasteiger partial charge is 0.494 e. The van der Waals surface area contributed by atoms with Crippen LogP contribution in [0.4, 0.5) is 0 Å². The normalized spacial score (nSPS) is 11.4. The summed E-state index contributed by atoms with van der Waals surface area (Å²) in [5.74, 6) is 1.60. The van der Waals surface area contributed by atoms with Crippen LogP contribution in [0.3, 0.4) is 0 Å². The zero-order valence-electron chi connectivity index (χ0n) is 9.37. The molecule has 1 aromatic rings. The fourth-order valence-corrected chi connectivity index (χ4v) is 1.51. The fourth-order valence-electron chi connectivity index (χ4n) is 1.51. The lowest BCUT2D eigenvalue weighted by Gasteiger charge is -2.21. The molecule has 0 spiro atoms. The Labute approximate surface area is 85.5 Å². The van der Waals surface area contributed by atoms with E-state index < -0.39 is 0 Å².